The monoisotopic (exact) mass is 368 g/mol. The smallest absolute Gasteiger partial charge is 0.0585 e. The molecule has 0 aliphatic carbocycles. The minimum absolute atomic E-state index is 0.0642. The topological polar surface area (TPSA) is 20.2 Å². The van der Waals surface area contributed by atoms with Gasteiger partial charge >= 0.3 is 0 Å². The molecule has 1 unspecified atom stereocenters. The molecule has 1 N–H and O–H groups in total. The second-order valence-corrected chi connectivity index (χ2v) is 8.74. The van der Waals surface area contributed by atoms with Crippen molar-refractivity contribution in [2.45, 2.75) is 86.2 Å². The van der Waals surface area contributed by atoms with Gasteiger partial charge < -0.3 is 5.11 Å². The average molecular weight is 369 g/mol. The number of hydrogen-bond acceptors (Lipinski definition) is 1. The Kier molecular flexibility index (Phi) is 8.75. The molecule has 150 valence electrons. The molecule has 27 heavy (non-hydrogen) atoms. The fourth-order valence-electron chi connectivity index (χ4n) is 3.64. The van der Waals surface area contributed by atoms with E-state index in [4.69, 9.17) is 0 Å². The number of rotatable bonds is 5. The molecule has 0 heterocycles. The van der Waals surface area contributed by atoms with E-state index in [0.717, 1.165) is 19.3 Å². The van der Waals surface area contributed by atoms with E-state index in [1.165, 1.54) is 22.3 Å². The second-order valence-electron chi connectivity index (χ2n) is 8.74. The Hall–Kier alpha value is -1.60. The van der Waals surface area contributed by atoms with Crippen LogP contribution in [0.15, 0.2) is 48.5 Å². The second kappa shape index (κ2) is 10.1. The van der Waals surface area contributed by atoms with Crippen LogP contribution in [0.25, 0.3) is 0 Å². The molecule has 0 aromatic heterocycles. The molecule has 0 amide bonds. The summed E-state index contributed by atoms with van der Waals surface area (Å²) < 4.78 is 0. The molecule has 2 aromatic carbocycles. The first-order chi connectivity index (χ1) is 12.6. The fourth-order valence-corrected chi connectivity index (χ4v) is 3.64. The van der Waals surface area contributed by atoms with Gasteiger partial charge in [-0.25, -0.2) is 0 Å². The van der Waals surface area contributed by atoms with Crippen molar-refractivity contribution in [3.63, 3.8) is 0 Å². The van der Waals surface area contributed by atoms with Crippen LogP contribution in [0.3, 0.4) is 0 Å². The van der Waals surface area contributed by atoms with Crippen LogP contribution in [-0.2, 0) is 5.41 Å². The van der Waals surface area contributed by atoms with Crippen LogP contribution >= 0.6 is 0 Å². The molecule has 0 bridgehead atoms. The summed E-state index contributed by atoms with van der Waals surface area (Å²) in [5, 5.41) is 9.19. The van der Waals surface area contributed by atoms with E-state index >= 15 is 0 Å². The van der Waals surface area contributed by atoms with Crippen molar-refractivity contribution >= 4 is 0 Å². The van der Waals surface area contributed by atoms with Crippen LogP contribution in [-0.4, -0.2) is 11.2 Å². The van der Waals surface area contributed by atoms with E-state index in [9.17, 15) is 5.11 Å². The molecule has 0 aliphatic heterocycles. The van der Waals surface area contributed by atoms with Crippen LogP contribution in [0.2, 0.25) is 0 Å². The predicted molar refractivity (Wildman–Crippen MR) is 119 cm³/mol. The molecule has 0 fully saturated rings. The lowest BCUT2D eigenvalue weighted by Gasteiger charge is -2.33. The Morgan fingerprint density at radius 1 is 0.778 bits per heavy atom. The first-order valence-corrected chi connectivity index (χ1v) is 10.4. The molecule has 1 nitrogen and oxygen atoms in total. The lowest BCUT2D eigenvalue weighted by atomic mass is 9.70. The van der Waals surface area contributed by atoms with Crippen molar-refractivity contribution in [1.82, 2.24) is 0 Å². The van der Waals surface area contributed by atoms with Crippen molar-refractivity contribution in [2.75, 3.05) is 0 Å². The maximum Gasteiger partial charge on any atom is 0.0585 e. The van der Waals surface area contributed by atoms with Crippen LogP contribution in [0.5, 0.6) is 0 Å². The Morgan fingerprint density at radius 3 is 1.70 bits per heavy atom. The molecule has 0 saturated carbocycles. The number of aliphatic hydroxyl groups excluding tert-OH is 1. The van der Waals surface area contributed by atoms with E-state index < -0.39 is 0 Å². The third kappa shape index (κ3) is 5.94. The lowest BCUT2D eigenvalue weighted by Crippen LogP contribution is -2.26. The maximum atomic E-state index is 9.19. The van der Waals surface area contributed by atoms with Gasteiger partial charge in [0.2, 0.25) is 0 Å². The summed E-state index contributed by atoms with van der Waals surface area (Å²) in [6, 6.07) is 17.9. The van der Waals surface area contributed by atoms with Gasteiger partial charge in [-0.15, -0.1) is 0 Å². The molecule has 1 atom stereocenters. The normalized spacial score (nSPS) is 12.9. The zero-order valence-electron chi connectivity index (χ0n) is 18.8. The zero-order valence-corrected chi connectivity index (χ0v) is 18.8. The summed E-state index contributed by atoms with van der Waals surface area (Å²) in [4.78, 5) is 0. The summed E-state index contributed by atoms with van der Waals surface area (Å²) in [7, 11) is 0. The van der Waals surface area contributed by atoms with Crippen LogP contribution in [0.1, 0.15) is 83.1 Å². The quantitative estimate of drug-likeness (QED) is 0.591. The highest BCUT2D eigenvalue weighted by atomic mass is 16.3. The van der Waals surface area contributed by atoms with E-state index in [0.29, 0.717) is 0 Å². The average Bonchev–Trinajstić information content (AvgIpc) is 2.66. The molecule has 0 saturated heterocycles. The first-order valence-electron chi connectivity index (χ1n) is 10.4. The van der Waals surface area contributed by atoms with E-state index in [1.54, 1.807) is 0 Å². The largest absolute Gasteiger partial charge is 0.393 e. The Balaban J connectivity index is 0.000000387. The lowest BCUT2D eigenvalue weighted by molar-refractivity contribution is 0.0600. The van der Waals surface area contributed by atoms with Gasteiger partial charge in [-0.2, -0.15) is 0 Å². The summed E-state index contributed by atoms with van der Waals surface area (Å²) in [5.41, 5.74) is 5.86. The highest BCUT2D eigenvalue weighted by molar-refractivity contribution is 5.42. The summed E-state index contributed by atoms with van der Waals surface area (Å²) in [5.74, 6) is 0. The van der Waals surface area contributed by atoms with E-state index in [1.807, 2.05) is 27.7 Å². The van der Waals surface area contributed by atoms with Crippen molar-refractivity contribution < 1.29 is 5.11 Å². The number of aliphatic hydroxyl groups is 1. The van der Waals surface area contributed by atoms with Crippen molar-refractivity contribution in [2.24, 2.45) is 5.41 Å². The van der Waals surface area contributed by atoms with Crippen molar-refractivity contribution in [1.29, 1.82) is 0 Å². The number of hydrogen-bond donors (Lipinski definition) is 1. The Labute approximate surface area is 167 Å². The Morgan fingerprint density at radius 2 is 1.33 bits per heavy atom. The summed E-state index contributed by atoms with van der Waals surface area (Å²) in [6.45, 7) is 17.1. The van der Waals surface area contributed by atoms with Gasteiger partial charge in [0.1, 0.15) is 0 Å². The van der Waals surface area contributed by atoms with Crippen LogP contribution in [0, 0.1) is 19.3 Å². The van der Waals surface area contributed by atoms with Crippen LogP contribution < -0.4 is 0 Å². The first kappa shape index (κ1) is 23.4. The molecule has 2 aromatic rings. The summed E-state index contributed by atoms with van der Waals surface area (Å²) in [6.07, 6.45) is 2.97. The molecular weight excluding hydrogens is 328 g/mol. The standard InChI is InChI=1S/C19H24.C7H16O/c1-5-19(6-2,17-10-8-7-9-11-17)18-13-12-15(3)16(4)14-18;1-5-6(8)7(2,3)4/h7-14H,5-6H2,1-4H3;6,8H,5H2,1-4H3. The maximum absolute atomic E-state index is 9.19. The van der Waals surface area contributed by atoms with Gasteiger partial charge in [-0.1, -0.05) is 90.1 Å². The third-order valence-electron chi connectivity index (χ3n) is 5.98. The SMILES string of the molecule is CCC(CC)(c1ccccc1)c1ccc(C)c(C)c1.CCC(O)C(C)(C)C. The van der Waals surface area contributed by atoms with E-state index in [2.05, 4.69) is 76.2 Å². The zero-order chi connectivity index (χ0) is 20.7. The van der Waals surface area contributed by atoms with Crippen LogP contribution in [0.4, 0.5) is 0 Å². The minimum Gasteiger partial charge on any atom is -0.393 e. The highest BCUT2D eigenvalue weighted by Gasteiger charge is 2.30. The van der Waals surface area contributed by atoms with Crippen molar-refractivity contribution in [3.05, 3.63) is 70.8 Å². The highest BCUT2D eigenvalue weighted by Crippen LogP contribution is 2.39. The molecule has 0 spiro atoms. The van der Waals surface area contributed by atoms with E-state index in [-0.39, 0.29) is 16.9 Å². The molecule has 2 rings (SSSR count). The molecule has 0 radical (unpaired) electrons. The Bertz CT molecular complexity index is 675. The molecular formula is C26H40O. The molecule has 0 aliphatic rings. The van der Waals surface area contributed by atoms with Crippen molar-refractivity contribution in [3.8, 4) is 0 Å². The number of aryl methyl sites for hydroxylation is 2. The van der Waals surface area contributed by atoms with Gasteiger partial charge in [0.05, 0.1) is 6.10 Å². The van der Waals surface area contributed by atoms with Gasteiger partial charge in [-0.05, 0) is 60.8 Å². The van der Waals surface area contributed by atoms with Gasteiger partial charge in [0, 0.05) is 5.41 Å². The van der Waals surface area contributed by atoms with Gasteiger partial charge in [0.25, 0.3) is 0 Å². The van der Waals surface area contributed by atoms with Gasteiger partial charge in [-0.3, -0.25) is 0 Å². The summed E-state index contributed by atoms with van der Waals surface area (Å²) >= 11 is 0. The molecule has 1 heteroatoms. The fraction of sp³-hybridized carbons (Fsp3) is 0.538. The van der Waals surface area contributed by atoms with Gasteiger partial charge in [0.15, 0.2) is 0 Å². The third-order valence-corrected chi connectivity index (χ3v) is 5.98. The predicted octanol–water partition coefficient (Wildman–Crippen LogP) is 7.21. The number of benzene rings is 2. The minimum atomic E-state index is -0.150.